The zero-order chi connectivity index (χ0) is 18.8. The first-order valence-electron chi connectivity index (χ1n) is 9.82. The van der Waals surface area contributed by atoms with Crippen LogP contribution in [0.5, 0.6) is 0 Å². The second kappa shape index (κ2) is 7.84. The number of urea groups is 1. The molecule has 0 radical (unpaired) electrons. The first-order chi connectivity index (χ1) is 13.1. The molecule has 27 heavy (non-hydrogen) atoms. The number of aryl methyl sites for hydroxylation is 2. The lowest BCUT2D eigenvalue weighted by Gasteiger charge is -2.32. The number of piperidine rings is 1. The average Bonchev–Trinajstić information content (AvgIpc) is 3.12. The SMILES string of the molecule is C[C@@H](NC(=O)N1CCC(c2nc3c(s2)CCCC3)CC1)c1cc[nH]c(=O)c1. The van der Waals surface area contributed by atoms with Crippen LogP contribution in [0.15, 0.2) is 23.1 Å². The van der Waals surface area contributed by atoms with Crippen LogP contribution in [-0.4, -0.2) is 34.0 Å². The number of aromatic nitrogens is 2. The van der Waals surface area contributed by atoms with Gasteiger partial charge < -0.3 is 15.2 Å². The highest BCUT2D eigenvalue weighted by Crippen LogP contribution is 2.35. The van der Waals surface area contributed by atoms with Crippen molar-refractivity contribution in [3.8, 4) is 0 Å². The number of amides is 2. The van der Waals surface area contributed by atoms with E-state index in [1.165, 1.54) is 40.9 Å². The van der Waals surface area contributed by atoms with Gasteiger partial charge in [-0.05, 0) is 57.1 Å². The monoisotopic (exact) mass is 386 g/mol. The summed E-state index contributed by atoms with van der Waals surface area (Å²) in [7, 11) is 0. The van der Waals surface area contributed by atoms with Gasteiger partial charge >= 0.3 is 6.03 Å². The predicted molar refractivity (Wildman–Crippen MR) is 106 cm³/mol. The highest BCUT2D eigenvalue weighted by atomic mass is 32.1. The van der Waals surface area contributed by atoms with Crippen LogP contribution in [0.1, 0.15) is 65.7 Å². The Hall–Kier alpha value is -2.15. The summed E-state index contributed by atoms with van der Waals surface area (Å²) < 4.78 is 0. The molecule has 2 aromatic heterocycles. The summed E-state index contributed by atoms with van der Waals surface area (Å²) >= 11 is 1.90. The van der Waals surface area contributed by atoms with Gasteiger partial charge in [-0.2, -0.15) is 0 Å². The van der Waals surface area contributed by atoms with E-state index < -0.39 is 0 Å². The molecule has 1 fully saturated rings. The topological polar surface area (TPSA) is 78.1 Å². The van der Waals surface area contributed by atoms with Crippen molar-refractivity contribution in [2.45, 2.75) is 57.4 Å². The second-order valence-electron chi connectivity index (χ2n) is 7.55. The molecule has 0 bridgehead atoms. The normalized spacial score (nSPS) is 18.8. The molecular formula is C20H26N4O2S. The fourth-order valence-electron chi connectivity index (χ4n) is 3.97. The number of likely N-dealkylation sites (tertiary alicyclic amines) is 1. The average molecular weight is 387 g/mol. The van der Waals surface area contributed by atoms with Crippen LogP contribution in [0.4, 0.5) is 4.79 Å². The van der Waals surface area contributed by atoms with Gasteiger partial charge in [0, 0.05) is 36.1 Å². The molecule has 1 aliphatic heterocycles. The molecule has 0 spiro atoms. The molecule has 6 nitrogen and oxygen atoms in total. The predicted octanol–water partition coefficient (Wildman–Crippen LogP) is 3.36. The smallest absolute Gasteiger partial charge is 0.317 e. The third-order valence-corrected chi connectivity index (χ3v) is 6.95. The fourth-order valence-corrected chi connectivity index (χ4v) is 5.29. The van der Waals surface area contributed by atoms with Crippen molar-refractivity contribution in [1.29, 1.82) is 0 Å². The van der Waals surface area contributed by atoms with Crippen LogP contribution in [0.25, 0.3) is 0 Å². The molecule has 2 N–H and O–H groups in total. The maximum absolute atomic E-state index is 12.6. The molecule has 0 saturated carbocycles. The zero-order valence-electron chi connectivity index (χ0n) is 15.7. The third-order valence-electron chi connectivity index (χ3n) is 5.63. The van der Waals surface area contributed by atoms with Gasteiger partial charge in [-0.1, -0.05) is 0 Å². The van der Waals surface area contributed by atoms with Crippen molar-refractivity contribution in [2.24, 2.45) is 0 Å². The first kappa shape index (κ1) is 18.2. The number of fused-ring (bicyclic) bond motifs is 1. The van der Waals surface area contributed by atoms with Gasteiger partial charge in [-0.3, -0.25) is 4.79 Å². The van der Waals surface area contributed by atoms with Gasteiger partial charge in [-0.25, -0.2) is 9.78 Å². The van der Waals surface area contributed by atoms with Gasteiger partial charge in [0.1, 0.15) is 0 Å². The number of pyridine rings is 1. The zero-order valence-corrected chi connectivity index (χ0v) is 16.5. The highest BCUT2D eigenvalue weighted by Gasteiger charge is 2.28. The number of carbonyl (C=O) groups excluding carboxylic acids is 1. The number of carbonyl (C=O) groups is 1. The summed E-state index contributed by atoms with van der Waals surface area (Å²) in [5, 5.41) is 4.29. The molecule has 1 atom stereocenters. The number of nitrogens with zero attached hydrogens (tertiary/aromatic N) is 2. The molecule has 7 heteroatoms. The summed E-state index contributed by atoms with van der Waals surface area (Å²) in [6.07, 6.45) is 8.43. The Morgan fingerprint density at radius 1 is 1.33 bits per heavy atom. The van der Waals surface area contributed by atoms with Crippen LogP contribution < -0.4 is 10.9 Å². The van der Waals surface area contributed by atoms with E-state index in [0.29, 0.717) is 5.92 Å². The Morgan fingerprint density at radius 3 is 2.85 bits per heavy atom. The van der Waals surface area contributed by atoms with E-state index in [4.69, 9.17) is 4.98 Å². The molecule has 0 aromatic carbocycles. The Morgan fingerprint density at radius 2 is 2.11 bits per heavy atom. The van der Waals surface area contributed by atoms with E-state index in [2.05, 4.69) is 10.3 Å². The van der Waals surface area contributed by atoms with E-state index >= 15 is 0 Å². The summed E-state index contributed by atoms with van der Waals surface area (Å²) in [5.41, 5.74) is 1.99. The van der Waals surface area contributed by atoms with Crippen molar-refractivity contribution in [3.05, 3.63) is 49.8 Å². The molecule has 1 aliphatic carbocycles. The summed E-state index contributed by atoms with van der Waals surface area (Å²) in [4.78, 5) is 34.9. The van der Waals surface area contributed by atoms with Crippen molar-refractivity contribution >= 4 is 17.4 Å². The molecule has 2 amide bonds. The lowest BCUT2D eigenvalue weighted by atomic mass is 9.97. The fraction of sp³-hybridized carbons (Fsp3) is 0.550. The van der Waals surface area contributed by atoms with E-state index in [1.54, 1.807) is 6.20 Å². The summed E-state index contributed by atoms with van der Waals surface area (Å²) in [5.74, 6) is 0.481. The second-order valence-corrected chi connectivity index (χ2v) is 8.66. The third kappa shape index (κ3) is 4.08. The molecule has 2 aromatic rings. The van der Waals surface area contributed by atoms with Gasteiger partial charge in [0.15, 0.2) is 0 Å². The first-order valence-corrected chi connectivity index (χ1v) is 10.6. The molecule has 4 rings (SSSR count). The Balaban J connectivity index is 1.32. The number of thiazole rings is 1. The van der Waals surface area contributed by atoms with Crippen molar-refractivity contribution in [2.75, 3.05) is 13.1 Å². The number of hydrogen-bond donors (Lipinski definition) is 2. The number of nitrogens with one attached hydrogen (secondary N) is 2. The molecule has 2 aliphatic rings. The summed E-state index contributed by atoms with van der Waals surface area (Å²) in [6, 6.07) is 3.10. The largest absolute Gasteiger partial charge is 0.331 e. The lowest BCUT2D eigenvalue weighted by Crippen LogP contribution is -2.44. The van der Waals surface area contributed by atoms with Crippen LogP contribution in [0.2, 0.25) is 0 Å². The van der Waals surface area contributed by atoms with Gasteiger partial charge in [-0.15, -0.1) is 11.3 Å². The van der Waals surface area contributed by atoms with E-state index in [1.807, 2.05) is 29.2 Å². The quantitative estimate of drug-likeness (QED) is 0.849. The van der Waals surface area contributed by atoms with Crippen molar-refractivity contribution in [3.63, 3.8) is 0 Å². The minimum absolute atomic E-state index is 0.0559. The van der Waals surface area contributed by atoms with Crippen molar-refractivity contribution in [1.82, 2.24) is 20.2 Å². The number of hydrogen-bond acceptors (Lipinski definition) is 4. The van der Waals surface area contributed by atoms with Crippen LogP contribution in [0.3, 0.4) is 0 Å². The Labute approximate surface area is 163 Å². The van der Waals surface area contributed by atoms with E-state index in [-0.39, 0.29) is 17.6 Å². The molecule has 3 heterocycles. The van der Waals surface area contributed by atoms with Gasteiger partial charge in [0.05, 0.1) is 16.7 Å². The number of rotatable bonds is 3. The Kier molecular flexibility index (Phi) is 5.29. The molecule has 144 valence electrons. The van der Waals surface area contributed by atoms with Crippen LogP contribution in [-0.2, 0) is 12.8 Å². The maximum Gasteiger partial charge on any atom is 0.317 e. The minimum atomic E-state index is -0.191. The highest BCUT2D eigenvalue weighted by molar-refractivity contribution is 7.11. The maximum atomic E-state index is 12.6. The number of aromatic amines is 1. The Bertz CT molecular complexity index is 843. The van der Waals surface area contributed by atoms with Crippen LogP contribution >= 0.6 is 11.3 Å². The molecule has 0 unspecified atom stereocenters. The van der Waals surface area contributed by atoms with Gasteiger partial charge in [0.25, 0.3) is 0 Å². The summed E-state index contributed by atoms with van der Waals surface area (Å²) in [6.45, 7) is 3.41. The molecular weight excluding hydrogens is 360 g/mol. The van der Waals surface area contributed by atoms with Crippen LogP contribution in [0, 0.1) is 0 Å². The van der Waals surface area contributed by atoms with Crippen molar-refractivity contribution < 1.29 is 4.79 Å². The minimum Gasteiger partial charge on any atom is -0.331 e. The van der Waals surface area contributed by atoms with E-state index in [0.717, 1.165) is 37.9 Å². The lowest BCUT2D eigenvalue weighted by molar-refractivity contribution is 0.178. The molecule has 1 saturated heterocycles. The van der Waals surface area contributed by atoms with Gasteiger partial charge in [0.2, 0.25) is 5.56 Å². The standard InChI is InChI=1S/C20H26N4O2S/c1-13(15-6-9-21-18(25)12-15)22-20(26)24-10-7-14(8-11-24)19-23-16-4-2-3-5-17(16)27-19/h6,9,12-14H,2-5,7-8,10-11H2,1H3,(H,21,25)(H,22,26)/t13-/m1/s1. The number of H-pyrrole nitrogens is 1. The van der Waals surface area contributed by atoms with E-state index in [9.17, 15) is 9.59 Å².